The van der Waals surface area contributed by atoms with Gasteiger partial charge in [-0.2, -0.15) is 0 Å². The lowest BCUT2D eigenvalue weighted by Crippen LogP contribution is -2.34. The first-order valence-electron chi connectivity index (χ1n) is 5.37. The number of nitrogens with zero attached hydrogens (tertiary/aromatic N) is 1. The van der Waals surface area contributed by atoms with Gasteiger partial charge in [-0.1, -0.05) is 19.3 Å². The van der Waals surface area contributed by atoms with Gasteiger partial charge in [0.15, 0.2) is 0 Å². The fourth-order valence-electron chi connectivity index (χ4n) is 1.65. The monoisotopic (exact) mass is 201 g/mol. The Labute approximate surface area is 84.8 Å². The van der Waals surface area contributed by atoms with Crippen molar-refractivity contribution in [2.45, 2.75) is 32.1 Å². The van der Waals surface area contributed by atoms with Gasteiger partial charge in [0.25, 0.3) is 0 Å². The molecule has 4 heteroatoms. The summed E-state index contributed by atoms with van der Waals surface area (Å²) in [6, 6.07) is 0. The molecule has 0 aliphatic carbocycles. The van der Waals surface area contributed by atoms with Crippen LogP contribution in [0.4, 0.5) is 4.79 Å². The number of aliphatic hydroxyl groups is 1. The highest BCUT2D eigenvalue weighted by Crippen LogP contribution is 2.11. The molecule has 1 heterocycles. The Bertz CT molecular complexity index is 165. The average molecular weight is 201 g/mol. The second kappa shape index (κ2) is 6.65. The maximum atomic E-state index is 11.4. The predicted molar refractivity (Wildman–Crippen MR) is 53.1 cm³/mol. The predicted octanol–water partition coefficient (Wildman–Crippen LogP) is 1.38. The van der Waals surface area contributed by atoms with Gasteiger partial charge in [-0.3, -0.25) is 0 Å². The van der Waals surface area contributed by atoms with E-state index in [4.69, 9.17) is 9.84 Å². The summed E-state index contributed by atoms with van der Waals surface area (Å²) < 4.78 is 4.86. The van der Waals surface area contributed by atoms with Gasteiger partial charge in [0.1, 0.15) is 6.61 Å². The number of hydrogen-bond acceptors (Lipinski definition) is 3. The standard InChI is InChI=1S/C10H19NO3/c12-8-9-14-10(13)11-6-4-2-1-3-5-7-11/h12H,1-9H2. The van der Waals surface area contributed by atoms with E-state index in [1.54, 1.807) is 4.90 Å². The van der Waals surface area contributed by atoms with Crippen LogP contribution in [0.5, 0.6) is 0 Å². The maximum Gasteiger partial charge on any atom is 0.409 e. The van der Waals surface area contributed by atoms with Gasteiger partial charge >= 0.3 is 6.09 Å². The van der Waals surface area contributed by atoms with Crippen LogP contribution in [0.1, 0.15) is 32.1 Å². The Morgan fingerprint density at radius 2 is 1.71 bits per heavy atom. The van der Waals surface area contributed by atoms with E-state index in [0.29, 0.717) is 0 Å². The maximum absolute atomic E-state index is 11.4. The number of carbonyl (C=O) groups excluding carboxylic acids is 1. The SMILES string of the molecule is O=C(OCCO)N1CCCCCCC1. The van der Waals surface area contributed by atoms with Gasteiger partial charge in [0, 0.05) is 13.1 Å². The molecule has 4 nitrogen and oxygen atoms in total. The molecule has 1 saturated heterocycles. The molecule has 14 heavy (non-hydrogen) atoms. The van der Waals surface area contributed by atoms with Crippen LogP contribution in [-0.2, 0) is 4.74 Å². The van der Waals surface area contributed by atoms with E-state index in [-0.39, 0.29) is 19.3 Å². The van der Waals surface area contributed by atoms with E-state index in [0.717, 1.165) is 25.9 Å². The zero-order valence-electron chi connectivity index (χ0n) is 8.57. The summed E-state index contributed by atoms with van der Waals surface area (Å²) in [5, 5.41) is 8.52. The molecule has 0 saturated carbocycles. The highest BCUT2D eigenvalue weighted by atomic mass is 16.6. The molecule has 1 aliphatic rings. The highest BCUT2D eigenvalue weighted by molar-refractivity contribution is 5.67. The Hall–Kier alpha value is -0.770. The Morgan fingerprint density at radius 1 is 1.14 bits per heavy atom. The summed E-state index contributed by atoms with van der Waals surface area (Å²) in [7, 11) is 0. The van der Waals surface area contributed by atoms with Crippen LogP contribution < -0.4 is 0 Å². The molecule has 82 valence electrons. The minimum absolute atomic E-state index is 0.0976. The van der Waals surface area contributed by atoms with Crippen LogP contribution >= 0.6 is 0 Å². The number of likely N-dealkylation sites (tertiary alicyclic amines) is 1. The second-order valence-corrected chi connectivity index (χ2v) is 3.59. The lowest BCUT2D eigenvalue weighted by atomic mass is 10.1. The first-order chi connectivity index (χ1) is 6.84. The Morgan fingerprint density at radius 3 is 2.29 bits per heavy atom. The van der Waals surface area contributed by atoms with Crippen molar-refractivity contribution in [1.82, 2.24) is 4.90 Å². The van der Waals surface area contributed by atoms with Gasteiger partial charge in [0.2, 0.25) is 0 Å². The smallest absolute Gasteiger partial charge is 0.409 e. The molecule has 1 aliphatic heterocycles. The van der Waals surface area contributed by atoms with Crippen LogP contribution in [0.15, 0.2) is 0 Å². The first kappa shape index (κ1) is 11.3. The number of aliphatic hydroxyl groups excluding tert-OH is 1. The largest absolute Gasteiger partial charge is 0.447 e. The number of rotatable bonds is 2. The van der Waals surface area contributed by atoms with Crippen molar-refractivity contribution < 1.29 is 14.6 Å². The molecule has 0 bridgehead atoms. The fourth-order valence-corrected chi connectivity index (χ4v) is 1.65. The molecule has 0 aromatic carbocycles. The molecule has 0 aromatic rings. The second-order valence-electron chi connectivity index (χ2n) is 3.59. The normalized spacial score (nSPS) is 18.5. The van der Waals surface area contributed by atoms with E-state index in [2.05, 4.69) is 0 Å². The third-order valence-corrected chi connectivity index (χ3v) is 2.43. The number of carbonyl (C=O) groups is 1. The molecule has 0 aromatic heterocycles. The molecule has 0 radical (unpaired) electrons. The summed E-state index contributed by atoms with van der Waals surface area (Å²) in [6.07, 6.45) is 5.52. The molecule has 1 rings (SSSR count). The van der Waals surface area contributed by atoms with E-state index in [1.807, 2.05) is 0 Å². The van der Waals surface area contributed by atoms with Crippen molar-refractivity contribution in [2.24, 2.45) is 0 Å². The molecule has 1 amide bonds. The van der Waals surface area contributed by atoms with Gasteiger partial charge in [0.05, 0.1) is 6.61 Å². The summed E-state index contributed by atoms with van der Waals surface area (Å²) in [5.41, 5.74) is 0. The van der Waals surface area contributed by atoms with E-state index in [9.17, 15) is 4.79 Å². The summed E-state index contributed by atoms with van der Waals surface area (Å²) in [4.78, 5) is 13.2. The molecule has 1 N–H and O–H groups in total. The van der Waals surface area contributed by atoms with Crippen LogP contribution in [0.3, 0.4) is 0 Å². The number of amides is 1. The third kappa shape index (κ3) is 3.96. The van der Waals surface area contributed by atoms with Crippen molar-refractivity contribution in [3.05, 3.63) is 0 Å². The van der Waals surface area contributed by atoms with Crippen molar-refractivity contribution in [1.29, 1.82) is 0 Å². The minimum Gasteiger partial charge on any atom is -0.447 e. The number of hydrogen-bond donors (Lipinski definition) is 1. The van der Waals surface area contributed by atoms with Gasteiger partial charge in [-0.05, 0) is 12.8 Å². The zero-order valence-corrected chi connectivity index (χ0v) is 8.57. The summed E-state index contributed by atoms with van der Waals surface area (Å²) in [5.74, 6) is 0. The topological polar surface area (TPSA) is 49.8 Å². The molecule has 0 atom stereocenters. The lowest BCUT2D eigenvalue weighted by Gasteiger charge is -2.23. The van der Waals surface area contributed by atoms with Crippen molar-refractivity contribution in [2.75, 3.05) is 26.3 Å². The van der Waals surface area contributed by atoms with Crippen molar-refractivity contribution in [3.63, 3.8) is 0 Å². The number of ether oxygens (including phenoxy) is 1. The molecule has 0 spiro atoms. The quantitative estimate of drug-likeness (QED) is 0.734. The van der Waals surface area contributed by atoms with E-state index in [1.165, 1.54) is 19.3 Å². The third-order valence-electron chi connectivity index (χ3n) is 2.43. The average Bonchev–Trinajstić information content (AvgIpc) is 2.13. The zero-order chi connectivity index (χ0) is 10.2. The van der Waals surface area contributed by atoms with E-state index < -0.39 is 0 Å². The summed E-state index contributed by atoms with van der Waals surface area (Å²) in [6.45, 7) is 1.60. The van der Waals surface area contributed by atoms with Crippen LogP contribution in [0.25, 0.3) is 0 Å². The van der Waals surface area contributed by atoms with Crippen LogP contribution in [-0.4, -0.2) is 42.4 Å². The fraction of sp³-hybridized carbons (Fsp3) is 0.900. The Kier molecular flexibility index (Phi) is 5.37. The van der Waals surface area contributed by atoms with Crippen LogP contribution in [0.2, 0.25) is 0 Å². The minimum atomic E-state index is -0.277. The summed E-state index contributed by atoms with van der Waals surface area (Å²) >= 11 is 0. The molecular weight excluding hydrogens is 182 g/mol. The van der Waals surface area contributed by atoms with Crippen molar-refractivity contribution in [3.8, 4) is 0 Å². The van der Waals surface area contributed by atoms with Crippen molar-refractivity contribution >= 4 is 6.09 Å². The van der Waals surface area contributed by atoms with Gasteiger partial charge < -0.3 is 14.7 Å². The van der Waals surface area contributed by atoms with E-state index >= 15 is 0 Å². The molecular formula is C10H19NO3. The first-order valence-corrected chi connectivity index (χ1v) is 5.37. The lowest BCUT2D eigenvalue weighted by molar-refractivity contribution is 0.0818. The van der Waals surface area contributed by atoms with Crippen LogP contribution in [0, 0.1) is 0 Å². The molecule has 1 fully saturated rings. The molecule has 0 unspecified atom stereocenters. The van der Waals surface area contributed by atoms with Gasteiger partial charge in [-0.15, -0.1) is 0 Å². The Balaban J connectivity index is 2.27. The van der Waals surface area contributed by atoms with Gasteiger partial charge in [-0.25, -0.2) is 4.79 Å². The highest BCUT2D eigenvalue weighted by Gasteiger charge is 2.15.